The van der Waals surface area contributed by atoms with Gasteiger partial charge in [-0.15, -0.1) is 0 Å². The molecular weight excluding hydrogens is 470 g/mol. The van der Waals surface area contributed by atoms with Crippen LogP contribution in [0.3, 0.4) is 0 Å². The van der Waals surface area contributed by atoms with Gasteiger partial charge in [0.25, 0.3) is 0 Å². The molecule has 2 N–H and O–H groups in total. The molecule has 188 valence electrons. The fourth-order valence-electron chi connectivity index (χ4n) is 4.85. The van der Waals surface area contributed by atoms with Crippen LogP contribution < -0.4 is 5.73 Å². The predicted molar refractivity (Wildman–Crippen MR) is 134 cm³/mol. The van der Waals surface area contributed by atoms with E-state index < -0.39 is 23.7 Å². The van der Waals surface area contributed by atoms with Gasteiger partial charge >= 0.3 is 0 Å². The molecule has 2 heterocycles. The summed E-state index contributed by atoms with van der Waals surface area (Å²) in [5.41, 5.74) is 9.26. The summed E-state index contributed by atoms with van der Waals surface area (Å²) in [5, 5.41) is 0. The molecule has 35 heavy (non-hydrogen) atoms. The van der Waals surface area contributed by atoms with E-state index in [1.807, 2.05) is 0 Å². The second kappa shape index (κ2) is 10.6. The van der Waals surface area contributed by atoms with Crippen LogP contribution in [0.25, 0.3) is 0 Å². The maximum atomic E-state index is 13.9. The van der Waals surface area contributed by atoms with Gasteiger partial charge in [-0.05, 0) is 60.1 Å². The summed E-state index contributed by atoms with van der Waals surface area (Å²) in [4.78, 5) is 30.8. The number of nitrogens with zero attached hydrogens (tertiary/aromatic N) is 3. The minimum absolute atomic E-state index is 0.0854. The van der Waals surface area contributed by atoms with Crippen LogP contribution >= 0.6 is 11.9 Å². The minimum Gasteiger partial charge on any atom is -0.340 e. The average Bonchev–Trinajstić information content (AvgIpc) is 3.04. The van der Waals surface area contributed by atoms with Crippen LogP contribution in [-0.2, 0) is 16.0 Å². The maximum absolute atomic E-state index is 13.9. The van der Waals surface area contributed by atoms with Crippen molar-refractivity contribution in [2.75, 3.05) is 20.1 Å². The van der Waals surface area contributed by atoms with Gasteiger partial charge in [-0.2, -0.15) is 0 Å². The Labute approximate surface area is 209 Å². The number of hydrogen-bond donors (Lipinski definition) is 1. The van der Waals surface area contributed by atoms with Crippen molar-refractivity contribution in [1.82, 2.24) is 14.1 Å². The molecule has 3 atom stereocenters. The molecule has 2 amide bonds. The summed E-state index contributed by atoms with van der Waals surface area (Å²) in [7, 11) is 1.71. The zero-order chi connectivity index (χ0) is 25.3. The minimum atomic E-state index is -0.977. The van der Waals surface area contributed by atoms with Crippen LogP contribution in [0.2, 0.25) is 0 Å². The first-order valence-corrected chi connectivity index (χ1v) is 12.8. The number of fused-ring (bicyclic) bond motifs is 1. The first kappa shape index (κ1) is 25.6. The molecule has 3 unspecified atom stereocenters. The maximum Gasteiger partial charge on any atom is 0.245 e. The lowest BCUT2D eigenvalue weighted by Gasteiger charge is -2.52. The number of halogens is 2. The highest BCUT2D eigenvalue weighted by molar-refractivity contribution is 8.00. The fraction of sp³-hybridized carbons (Fsp3) is 0.462. The Bertz CT molecular complexity index is 1100. The number of hydrogen-bond acceptors (Lipinski definition) is 5. The predicted octanol–water partition coefficient (Wildman–Crippen LogP) is 3.75. The highest BCUT2D eigenvalue weighted by atomic mass is 32.2. The monoisotopic (exact) mass is 502 g/mol. The van der Waals surface area contributed by atoms with E-state index in [1.165, 1.54) is 22.1 Å². The standard InChI is InChI=1S/C26H32F2N4O2S/c1-4-16-7-6-8-23(18(5-2)11-16)35-31-14-21(29)25(33)32-22(26(34)30(3)15-24(31)32)13-17-9-10-19(27)20(28)12-17/h6-7,9-12,21-22,24H,4-5,8,13-15,29H2,1-3H3. The van der Waals surface area contributed by atoms with E-state index in [4.69, 9.17) is 5.73 Å². The van der Waals surface area contributed by atoms with Gasteiger partial charge in [0.15, 0.2) is 11.6 Å². The number of rotatable bonds is 6. The first-order chi connectivity index (χ1) is 16.7. The second-order valence-corrected chi connectivity index (χ2v) is 10.3. The topological polar surface area (TPSA) is 69.9 Å². The molecule has 1 aromatic rings. The van der Waals surface area contributed by atoms with E-state index in [0.29, 0.717) is 18.7 Å². The van der Waals surface area contributed by atoms with Crippen molar-refractivity contribution in [3.05, 3.63) is 69.7 Å². The van der Waals surface area contributed by atoms with Crippen molar-refractivity contribution in [2.24, 2.45) is 5.73 Å². The third kappa shape index (κ3) is 5.22. The number of allylic oxidation sites excluding steroid dienone is 6. The molecule has 2 saturated heterocycles. The number of piperazine rings is 1. The van der Waals surface area contributed by atoms with Crippen molar-refractivity contribution >= 4 is 23.8 Å². The van der Waals surface area contributed by atoms with Gasteiger partial charge in [-0.1, -0.05) is 38.1 Å². The van der Waals surface area contributed by atoms with Gasteiger partial charge in [0.1, 0.15) is 12.2 Å². The normalized spacial score (nSPS) is 25.7. The number of carbonyl (C=O) groups is 2. The highest BCUT2D eigenvalue weighted by Gasteiger charge is 2.49. The molecule has 3 aliphatic rings. The molecule has 0 radical (unpaired) electrons. The van der Waals surface area contributed by atoms with Crippen LogP contribution in [0.5, 0.6) is 0 Å². The van der Waals surface area contributed by atoms with Crippen molar-refractivity contribution in [3.8, 4) is 0 Å². The lowest BCUT2D eigenvalue weighted by Crippen LogP contribution is -2.73. The van der Waals surface area contributed by atoms with E-state index in [0.717, 1.165) is 31.4 Å². The van der Waals surface area contributed by atoms with Crippen molar-refractivity contribution in [1.29, 1.82) is 0 Å². The quantitative estimate of drug-likeness (QED) is 0.600. The van der Waals surface area contributed by atoms with Crippen LogP contribution in [0.15, 0.2) is 52.5 Å². The Morgan fingerprint density at radius 2 is 1.86 bits per heavy atom. The van der Waals surface area contributed by atoms with Crippen molar-refractivity contribution < 1.29 is 18.4 Å². The van der Waals surface area contributed by atoms with E-state index in [-0.39, 0.29) is 24.4 Å². The van der Waals surface area contributed by atoms with Gasteiger partial charge in [0.2, 0.25) is 11.8 Å². The Hall–Kier alpha value is -2.49. The molecule has 2 fully saturated rings. The van der Waals surface area contributed by atoms with E-state index in [2.05, 4.69) is 36.4 Å². The Morgan fingerprint density at radius 3 is 2.54 bits per heavy atom. The first-order valence-electron chi connectivity index (χ1n) is 12.0. The molecule has 0 aromatic heterocycles. The van der Waals surface area contributed by atoms with E-state index in [9.17, 15) is 18.4 Å². The van der Waals surface area contributed by atoms with Crippen molar-refractivity contribution in [3.63, 3.8) is 0 Å². The number of nitrogens with two attached hydrogens (primary N) is 1. The zero-order valence-corrected chi connectivity index (χ0v) is 21.2. The Kier molecular flexibility index (Phi) is 7.78. The molecule has 4 rings (SSSR count). The molecule has 2 aliphatic heterocycles. The average molecular weight is 503 g/mol. The number of benzene rings is 1. The summed E-state index contributed by atoms with van der Waals surface area (Å²) in [6.07, 6.45) is 8.89. The highest BCUT2D eigenvalue weighted by Crippen LogP contribution is 2.38. The van der Waals surface area contributed by atoms with Crippen LogP contribution in [-0.4, -0.2) is 64.3 Å². The molecule has 9 heteroatoms. The molecule has 1 aromatic carbocycles. The molecular formula is C26H32F2N4O2S. The SMILES string of the molecule is CCC1=CC(CC)=C(SN2CC(N)C(=O)N3C(Cc4ccc(F)c(F)c4)C(=O)N(C)CC23)CC=C1. The summed E-state index contributed by atoms with van der Waals surface area (Å²) in [6, 6.07) is 1.95. The summed E-state index contributed by atoms with van der Waals surface area (Å²) < 4.78 is 29.4. The van der Waals surface area contributed by atoms with E-state index >= 15 is 0 Å². The smallest absolute Gasteiger partial charge is 0.245 e. The lowest BCUT2D eigenvalue weighted by atomic mass is 9.97. The molecule has 0 saturated carbocycles. The largest absolute Gasteiger partial charge is 0.340 e. The zero-order valence-electron chi connectivity index (χ0n) is 20.3. The lowest BCUT2D eigenvalue weighted by molar-refractivity contribution is -0.164. The second-order valence-electron chi connectivity index (χ2n) is 9.19. The van der Waals surface area contributed by atoms with Gasteiger partial charge in [-0.3, -0.25) is 9.59 Å². The van der Waals surface area contributed by atoms with Gasteiger partial charge in [0, 0.05) is 24.9 Å². The third-order valence-corrected chi connectivity index (χ3v) is 8.09. The Morgan fingerprint density at radius 1 is 1.09 bits per heavy atom. The van der Waals surface area contributed by atoms with Gasteiger partial charge in [-0.25, -0.2) is 13.1 Å². The summed E-state index contributed by atoms with van der Waals surface area (Å²) in [6.45, 7) is 4.97. The molecule has 1 aliphatic carbocycles. The van der Waals surface area contributed by atoms with Crippen LogP contribution in [0, 0.1) is 11.6 Å². The number of carbonyl (C=O) groups excluding carboxylic acids is 2. The van der Waals surface area contributed by atoms with Crippen LogP contribution in [0.1, 0.15) is 38.7 Å². The number of likely N-dealkylation sites (N-methyl/N-ethyl adjacent to an activating group) is 1. The van der Waals surface area contributed by atoms with Crippen LogP contribution in [0.4, 0.5) is 8.78 Å². The fourth-order valence-corrected chi connectivity index (χ4v) is 6.15. The molecule has 0 bridgehead atoms. The molecule has 0 spiro atoms. The summed E-state index contributed by atoms with van der Waals surface area (Å²) >= 11 is 1.60. The van der Waals surface area contributed by atoms with Gasteiger partial charge in [0.05, 0.1) is 12.6 Å². The van der Waals surface area contributed by atoms with Crippen molar-refractivity contribution in [2.45, 2.75) is 57.8 Å². The molecule has 6 nitrogen and oxygen atoms in total. The van der Waals surface area contributed by atoms with E-state index in [1.54, 1.807) is 28.8 Å². The third-order valence-electron chi connectivity index (χ3n) is 6.82. The summed E-state index contributed by atoms with van der Waals surface area (Å²) in [5.74, 6) is -2.45. The number of amides is 2. The van der Waals surface area contributed by atoms with Gasteiger partial charge < -0.3 is 15.5 Å². The Balaban J connectivity index is 1.66.